The van der Waals surface area contributed by atoms with E-state index < -0.39 is 76.5 Å². The van der Waals surface area contributed by atoms with Gasteiger partial charge in [-0.05, 0) is 38.7 Å². The molecule has 5 rings (SSSR count). The van der Waals surface area contributed by atoms with Crippen LogP contribution in [0.4, 0.5) is 0 Å². The van der Waals surface area contributed by atoms with E-state index >= 15 is 0 Å². The van der Waals surface area contributed by atoms with Gasteiger partial charge in [-0.15, -0.1) is 11.8 Å². The second kappa shape index (κ2) is 8.57. The monoisotopic (exact) mass is 532 g/mol. The van der Waals surface area contributed by atoms with Crippen LogP contribution in [-0.2, 0) is 14.3 Å². The van der Waals surface area contributed by atoms with Crippen molar-refractivity contribution in [3.63, 3.8) is 0 Å². The number of rotatable bonds is 3. The van der Waals surface area contributed by atoms with E-state index in [2.05, 4.69) is 0 Å². The van der Waals surface area contributed by atoms with Crippen LogP contribution in [0.3, 0.4) is 0 Å². The topological polar surface area (TPSA) is 171 Å². The maximum atomic E-state index is 14.1. The van der Waals surface area contributed by atoms with Gasteiger partial charge in [-0.1, -0.05) is 12.1 Å². The fourth-order valence-electron chi connectivity index (χ4n) is 5.89. The summed E-state index contributed by atoms with van der Waals surface area (Å²) < 4.78 is 12.0. The number of carbonyl (C=O) groups excluding carboxylic acids is 3. The Morgan fingerprint density at radius 1 is 1.11 bits per heavy atom. The van der Waals surface area contributed by atoms with Crippen LogP contribution in [0.2, 0.25) is 0 Å². The van der Waals surface area contributed by atoms with Crippen LogP contribution >= 0.6 is 11.8 Å². The second-order valence-electron chi connectivity index (χ2n) is 10.2. The van der Waals surface area contributed by atoms with Crippen molar-refractivity contribution in [3.8, 4) is 5.75 Å². The molecule has 0 amide bonds. The summed E-state index contributed by atoms with van der Waals surface area (Å²) in [6.07, 6.45) is -2.22. The molecule has 3 unspecified atom stereocenters. The Morgan fingerprint density at radius 2 is 1.81 bits per heavy atom. The highest BCUT2D eigenvalue weighted by Crippen LogP contribution is 2.58. The lowest BCUT2D eigenvalue weighted by Gasteiger charge is -2.58. The third kappa shape index (κ3) is 3.46. The van der Waals surface area contributed by atoms with Crippen LogP contribution in [0, 0.1) is 0 Å². The first-order valence-corrected chi connectivity index (χ1v) is 13.1. The molecule has 0 spiro atoms. The number of phenols is 1. The maximum absolute atomic E-state index is 14.1. The zero-order chi connectivity index (χ0) is 27.1. The number of ketones is 3. The van der Waals surface area contributed by atoms with E-state index in [0.717, 1.165) is 11.8 Å². The minimum Gasteiger partial charge on any atom is -0.507 e. The van der Waals surface area contributed by atoms with Crippen molar-refractivity contribution >= 4 is 29.1 Å². The number of hydrogen-bond acceptors (Lipinski definition) is 11. The molecular weight excluding hydrogens is 504 g/mol. The smallest absolute Gasteiger partial charge is 0.204 e. The van der Waals surface area contributed by atoms with Gasteiger partial charge in [0.1, 0.15) is 17.5 Å². The van der Waals surface area contributed by atoms with Crippen molar-refractivity contribution in [2.45, 2.75) is 74.5 Å². The number of hydrogen-bond donors (Lipinski definition) is 5. The molecule has 0 radical (unpaired) electrons. The first kappa shape index (κ1) is 26.2. The quantitative estimate of drug-likeness (QED) is 0.373. The Labute approximate surface area is 216 Å². The first-order valence-electron chi connectivity index (χ1n) is 11.9. The number of allylic oxidation sites excluding steroid dienone is 2. The number of benzene rings is 1. The molecule has 1 aliphatic heterocycles. The van der Waals surface area contributed by atoms with E-state index in [1.54, 1.807) is 13.2 Å². The molecule has 1 heterocycles. The lowest BCUT2D eigenvalue weighted by Crippen LogP contribution is -2.76. The van der Waals surface area contributed by atoms with Crippen molar-refractivity contribution in [2.24, 2.45) is 0 Å². The van der Waals surface area contributed by atoms with Gasteiger partial charge in [0.05, 0.1) is 28.9 Å². The van der Waals surface area contributed by atoms with Crippen LogP contribution < -0.4 is 0 Å². The Kier molecular flexibility index (Phi) is 6.07. The first-order chi connectivity index (χ1) is 17.3. The van der Waals surface area contributed by atoms with Crippen molar-refractivity contribution in [3.05, 3.63) is 51.5 Å². The minimum absolute atomic E-state index is 0.0516. The van der Waals surface area contributed by atoms with Gasteiger partial charge >= 0.3 is 0 Å². The van der Waals surface area contributed by atoms with E-state index in [1.807, 2.05) is 0 Å². The summed E-state index contributed by atoms with van der Waals surface area (Å²) >= 11 is 0.985. The molecular formula is C26H28O10S. The average Bonchev–Trinajstić information content (AvgIpc) is 2.83. The summed E-state index contributed by atoms with van der Waals surface area (Å²) in [5.41, 5.74) is -8.28. The molecule has 1 saturated carbocycles. The van der Waals surface area contributed by atoms with Gasteiger partial charge < -0.3 is 35.0 Å². The number of aromatic hydroxyl groups is 1. The standard InChI is InChI=1S/C26H28O10S/c1-11-14(27)7-8-17(35-11)36-26-19-13(20(29)18-12(21(19)30)5-4-6-15(18)28)9-16(37-3)25(26,34)10-24(2,33)22(31)23(26)32/h4-6,9,11,14,17,22,27-28,31,33-34H,7-8,10H2,1-3H3/t11?,14?,17?,22-,24-,25+,26+/m1/s1. The van der Waals surface area contributed by atoms with Gasteiger partial charge in [-0.25, -0.2) is 0 Å². The second-order valence-corrected chi connectivity index (χ2v) is 11.1. The zero-order valence-electron chi connectivity index (χ0n) is 20.4. The van der Waals surface area contributed by atoms with E-state index in [-0.39, 0.29) is 34.4 Å². The molecule has 0 aromatic heterocycles. The number of thioether (sulfide) groups is 1. The number of carbonyl (C=O) groups is 3. The molecule has 37 heavy (non-hydrogen) atoms. The molecule has 198 valence electrons. The van der Waals surface area contributed by atoms with Gasteiger partial charge in [0.25, 0.3) is 0 Å². The average molecular weight is 533 g/mol. The summed E-state index contributed by atoms with van der Waals surface area (Å²) in [6, 6.07) is 3.94. The zero-order valence-corrected chi connectivity index (χ0v) is 21.2. The largest absolute Gasteiger partial charge is 0.507 e. The van der Waals surface area contributed by atoms with Crippen molar-refractivity contribution < 1.29 is 49.4 Å². The molecule has 11 heteroatoms. The van der Waals surface area contributed by atoms with Crippen LogP contribution in [-0.4, -0.2) is 90.5 Å². The Balaban J connectivity index is 1.80. The van der Waals surface area contributed by atoms with Gasteiger partial charge in [0.15, 0.2) is 23.5 Å². The third-order valence-corrected chi connectivity index (χ3v) is 8.70. The SMILES string of the molecule is CSC1=CC2=C(C(=O)c3cccc(O)c3C2=O)[C@]2(OC3CCC(O)C(C)O3)C(=O)[C@@H](O)[C@](C)(O)C[C@]12O. The molecule has 5 N–H and O–H groups in total. The van der Waals surface area contributed by atoms with Gasteiger partial charge in [0.2, 0.25) is 5.78 Å². The fourth-order valence-corrected chi connectivity index (χ4v) is 6.67. The number of aliphatic hydroxyl groups excluding tert-OH is 2. The number of aliphatic hydroxyl groups is 4. The van der Waals surface area contributed by atoms with Crippen LogP contribution in [0.5, 0.6) is 5.75 Å². The molecule has 10 nitrogen and oxygen atoms in total. The Hall–Kier alpha value is -2.38. The number of fused-ring (bicyclic) bond motifs is 3. The molecule has 4 aliphatic rings. The highest BCUT2D eigenvalue weighted by atomic mass is 32.2. The highest BCUT2D eigenvalue weighted by molar-refractivity contribution is 8.02. The lowest BCUT2D eigenvalue weighted by molar-refractivity contribution is -0.290. The summed E-state index contributed by atoms with van der Waals surface area (Å²) in [7, 11) is 0. The lowest BCUT2D eigenvalue weighted by atomic mass is 9.56. The van der Waals surface area contributed by atoms with Crippen molar-refractivity contribution in [1.29, 1.82) is 0 Å². The van der Waals surface area contributed by atoms with Gasteiger partial charge in [0, 0.05) is 28.9 Å². The Bertz CT molecular complexity index is 1280. The fraction of sp³-hybridized carbons (Fsp3) is 0.500. The van der Waals surface area contributed by atoms with E-state index in [9.17, 15) is 39.9 Å². The summed E-state index contributed by atoms with van der Waals surface area (Å²) in [4.78, 5) is 41.8. The number of phenolic OH excluding ortho intramolecular Hbond substituents is 1. The molecule has 3 aliphatic carbocycles. The molecule has 1 aromatic rings. The van der Waals surface area contributed by atoms with E-state index in [0.29, 0.717) is 0 Å². The van der Waals surface area contributed by atoms with E-state index in [4.69, 9.17) is 9.47 Å². The third-order valence-electron chi connectivity index (χ3n) is 7.81. The number of Topliss-reactive ketones (excluding diaryl/α,β-unsaturated/α-hetero) is 3. The summed E-state index contributed by atoms with van der Waals surface area (Å²) in [5, 5.41) is 54.6. The van der Waals surface area contributed by atoms with Crippen molar-refractivity contribution in [2.75, 3.05) is 6.26 Å². The van der Waals surface area contributed by atoms with Crippen LogP contribution in [0.15, 0.2) is 40.3 Å². The maximum Gasteiger partial charge on any atom is 0.204 e. The summed E-state index contributed by atoms with van der Waals surface area (Å²) in [6.45, 7) is 2.79. The van der Waals surface area contributed by atoms with Crippen molar-refractivity contribution in [1.82, 2.24) is 0 Å². The predicted octanol–water partition coefficient (Wildman–Crippen LogP) is 0.785. The normalized spacial score (nSPS) is 39.6. The molecule has 1 saturated heterocycles. The Morgan fingerprint density at radius 3 is 2.46 bits per heavy atom. The molecule has 7 atom stereocenters. The molecule has 2 fully saturated rings. The van der Waals surface area contributed by atoms with Crippen LogP contribution in [0.1, 0.15) is 53.8 Å². The molecule has 1 aromatic carbocycles. The minimum atomic E-state index is -2.63. The number of ether oxygens (including phenoxy) is 2. The highest BCUT2D eigenvalue weighted by Gasteiger charge is 2.73. The molecule has 0 bridgehead atoms. The summed E-state index contributed by atoms with van der Waals surface area (Å²) in [5.74, 6) is -3.23. The predicted molar refractivity (Wildman–Crippen MR) is 130 cm³/mol. The van der Waals surface area contributed by atoms with Gasteiger partial charge in [-0.2, -0.15) is 0 Å². The van der Waals surface area contributed by atoms with Crippen LogP contribution in [0.25, 0.3) is 0 Å². The van der Waals surface area contributed by atoms with Gasteiger partial charge in [-0.3, -0.25) is 14.4 Å². The van der Waals surface area contributed by atoms with E-state index in [1.165, 1.54) is 31.2 Å².